The Kier molecular flexibility index (Phi) is 5.11. The van der Waals surface area contributed by atoms with Crippen molar-refractivity contribution in [3.8, 4) is 0 Å². The van der Waals surface area contributed by atoms with Gasteiger partial charge in [0.1, 0.15) is 5.82 Å². The maximum absolute atomic E-state index is 12.4. The molecule has 0 saturated heterocycles. The Balaban J connectivity index is 1.69. The van der Waals surface area contributed by atoms with E-state index in [1.165, 1.54) is 18.3 Å². The molecule has 1 aliphatic rings. The zero-order chi connectivity index (χ0) is 18.8. The highest BCUT2D eigenvalue weighted by molar-refractivity contribution is 6.40. The third-order valence-electron chi connectivity index (χ3n) is 3.90. The maximum atomic E-state index is 12.4. The Morgan fingerprint density at radius 2 is 1.77 bits per heavy atom. The summed E-state index contributed by atoms with van der Waals surface area (Å²) >= 11 is 12.0. The van der Waals surface area contributed by atoms with Gasteiger partial charge in [-0.05, 0) is 24.6 Å². The highest BCUT2D eigenvalue weighted by atomic mass is 35.5. The van der Waals surface area contributed by atoms with Crippen LogP contribution in [0.1, 0.15) is 16.8 Å². The molecule has 1 heterocycles. The lowest BCUT2D eigenvalue weighted by Gasteiger charge is -2.10. The number of aliphatic carboxylic acids is 1. The van der Waals surface area contributed by atoms with Crippen molar-refractivity contribution < 1.29 is 19.5 Å². The number of carboxylic acids is 1. The number of benzene rings is 1. The standard InChI is InChI=1S/C17H13Cl2N3O4/c18-11-2-1-3-12(19)14(11)16(24)21-8-4-5-20-13(6-8)22-15(23)9-7-10(9)17(25)26/h1-6,9-10H,7H2,(H,25,26)(H2,20,21,22,23,24)/t9-,10+/m0/s1. The largest absolute Gasteiger partial charge is 0.481 e. The zero-order valence-corrected chi connectivity index (χ0v) is 14.7. The second kappa shape index (κ2) is 7.31. The van der Waals surface area contributed by atoms with Crippen LogP contribution in [0.5, 0.6) is 0 Å². The Morgan fingerprint density at radius 3 is 2.38 bits per heavy atom. The van der Waals surface area contributed by atoms with Crippen LogP contribution in [0.25, 0.3) is 0 Å². The summed E-state index contributed by atoms with van der Waals surface area (Å²) in [6.07, 6.45) is 1.71. The predicted octanol–water partition coefficient (Wildman–Crippen LogP) is 3.30. The van der Waals surface area contributed by atoms with Gasteiger partial charge in [0.05, 0.1) is 27.4 Å². The van der Waals surface area contributed by atoms with E-state index in [0.29, 0.717) is 12.1 Å². The van der Waals surface area contributed by atoms with Crippen molar-refractivity contribution in [2.24, 2.45) is 11.8 Å². The number of aromatic nitrogens is 1. The summed E-state index contributed by atoms with van der Waals surface area (Å²) in [4.78, 5) is 39.2. The molecule has 1 fully saturated rings. The number of pyridine rings is 1. The molecule has 0 aliphatic heterocycles. The van der Waals surface area contributed by atoms with Crippen LogP contribution in [0.3, 0.4) is 0 Å². The van der Waals surface area contributed by atoms with Gasteiger partial charge in [-0.15, -0.1) is 0 Å². The van der Waals surface area contributed by atoms with Crippen LogP contribution in [-0.4, -0.2) is 27.9 Å². The zero-order valence-electron chi connectivity index (χ0n) is 13.2. The van der Waals surface area contributed by atoms with E-state index in [1.54, 1.807) is 18.2 Å². The SMILES string of the molecule is O=C(Nc1ccnc(NC(=O)[C@H]2C[C@H]2C(=O)O)c1)c1c(Cl)cccc1Cl. The molecule has 1 aromatic heterocycles. The molecule has 1 aliphatic carbocycles. The topological polar surface area (TPSA) is 108 Å². The number of rotatable bonds is 5. The van der Waals surface area contributed by atoms with Gasteiger partial charge in [-0.1, -0.05) is 29.3 Å². The molecule has 2 amide bonds. The number of nitrogens with one attached hydrogen (secondary N) is 2. The van der Waals surface area contributed by atoms with Gasteiger partial charge >= 0.3 is 5.97 Å². The number of carboxylic acid groups (broad SMARTS) is 1. The lowest BCUT2D eigenvalue weighted by atomic mass is 10.2. The van der Waals surface area contributed by atoms with Crippen LogP contribution in [0, 0.1) is 11.8 Å². The van der Waals surface area contributed by atoms with Gasteiger partial charge in [0.25, 0.3) is 5.91 Å². The first kappa shape index (κ1) is 18.2. The van der Waals surface area contributed by atoms with Crippen molar-refractivity contribution in [3.05, 3.63) is 52.1 Å². The monoisotopic (exact) mass is 393 g/mol. The molecule has 0 bridgehead atoms. The summed E-state index contributed by atoms with van der Waals surface area (Å²) in [5.41, 5.74) is 0.516. The van der Waals surface area contributed by atoms with Crippen LogP contribution in [0.4, 0.5) is 11.5 Å². The molecular formula is C17H13Cl2N3O4. The molecule has 2 atom stereocenters. The molecular weight excluding hydrogens is 381 g/mol. The van der Waals surface area contributed by atoms with Crippen LogP contribution in [-0.2, 0) is 9.59 Å². The van der Waals surface area contributed by atoms with Gasteiger partial charge in [0.2, 0.25) is 5.91 Å². The Labute approximate surface area is 158 Å². The molecule has 134 valence electrons. The van der Waals surface area contributed by atoms with Gasteiger partial charge in [-0.25, -0.2) is 4.98 Å². The molecule has 1 aromatic carbocycles. The molecule has 3 N–H and O–H groups in total. The molecule has 1 saturated carbocycles. The third-order valence-corrected chi connectivity index (χ3v) is 4.53. The molecule has 2 aromatic rings. The van der Waals surface area contributed by atoms with Gasteiger partial charge in [0.15, 0.2) is 0 Å². The minimum absolute atomic E-state index is 0.139. The molecule has 3 rings (SSSR count). The Hall–Kier alpha value is -2.64. The number of anilines is 2. The average molecular weight is 394 g/mol. The molecule has 0 unspecified atom stereocenters. The molecule has 26 heavy (non-hydrogen) atoms. The van der Waals surface area contributed by atoms with Crippen molar-refractivity contribution in [3.63, 3.8) is 0 Å². The van der Waals surface area contributed by atoms with E-state index in [2.05, 4.69) is 15.6 Å². The van der Waals surface area contributed by atoms with E-state index in [-0.39, 0.29) is 21.4 Å². The first-order valence-corrected chi connectivity index (χ1v) is 8.37. The number of hydrogen-bond acceptors (Lipinski definition) is 4. The summed E-state index contributed by atoms with van der Waals surface area (Å²) in [5, 5.41) is 14.5. The van der Waals surface area contributed by atoms with Gasteiger partial charge < -0.3 is 15.7 Å². The summed E-state index contributed by atoms with van der Waals surface area (Å²) in [6, 6.07) is 7.72. The van der Waals surface area contributed by atoms with E-state index < -0.39 is 29.6 Å². The fourth-order valence-electron chi connectivity index (χ4n) is 2.46. The van der Waals surface area contributed by atoms with E-state index in [4.69, 9.17) is 28.3 Å². The summed E-state index contributed by atoms with van der Waals surface area (Å²) < 4.78 is 0. The third kappa shape index (κ3) is 3.95. The van der Waals surface area contributed by atoms with Gasteiger partial charge in [-0.3, -0.25) is 14.4 Å². The summed E-state index contributed by atoms with van der Waals surface area (Å²) in [7, 11) is 0. The van der Waals surface area contributed by atoms with Crippen molar-refractivity contribution in [2.75, 3.05) is 10.6 Å². The second-order valence-corrected chi connectivity index (χ2v) is 6.57. The van der Waals surface area contributed by atoms with Crippen LogP contribution in [0.15, 0.2) is 36.5 Å². The maximum Gasteiger partial charge on any atom is 0.307 e. The van der Waals surface area contributed by atoms with E-state index in [1.807, 2.05) is 0 Å². The molecule has 0 spiro atoms. The quantitative estimate of drug-likeness (QED) is 0.721. The number of nitrogens with zero attached hydrogens (tertiary/aromatic N) is 1. The van der Waals surface area contributed by atoms with Crippen molar-refractivity contribution in [1.29, 1.82) is 0 Å². The Morgan fingerprint density at radius 1 is 1.08 bits per heavy atom. The smallest absolute Gasteiger partial charge is 0.307 e. The van der Waals surface area contributed by atoms with Crippen LogP contribution in [0.2, 0.25) is 10.0 Å². The number of carbonyl (C=O) groups is 3. The minimum atomic E-state index is -0.990. The van der Waals surface area contributed by atoms with Crippen LogP contribution < -0.4 is 10.6 Å². The van der Waals surface area contributed by atoms with Crippen LogP contribution >= 0.6 is 23.2 Å². The fourth-order valence-corrected chi connectivity index (χ4v) is 3.03. The fraction of sp³-hybridized carbons (Fsp3) is 0.176. The lowest BCUT2D eigenvalue weighted by Crippen LogP contribution is -2.18. The summed E-state index contributed by atoms with van der Waals surface area (Å²) in [6.45, 7) is 0. The Bertz CT molecular complexity index is 883. The van der Waals surface area contributed by atoms with Gasteiger partial charge in [0, 0.05) is 18.0 Å². The number of carbonyl (C=O) groups excluding carboxylic acids is 2. The predicted molar refractivity (Wildman–Crippen MR) is 96.5 cm³/mol. The van der Waals surface area contributed by atoms with Crippen molar-refractivity contribution in [1.82, 2.24) is 4.98 Å². The second-order valence-electron chi connectivity index (χ2n) is 5.76. The minimum Gasteiger partial charge on any atom is -0.481 e. The number of halogens is 2. The van der Waals surface area contributed by atoms with Gasteiger partial charge in [-0.2, -0.15) is 0 Å². The molecule has 7 nitrogen and oxygen atoms in total. The first-order chi connectivity index (χ1) is 12.4. The van der Waals surface area contributed by atoms with Crippen molar-refractivity contribution in [2.45, 2.75) is 6.42 Å². The molecule has 0 radical (unpaired) electrons. The summed E-state index contributed by atoms with van der Waals surface area (Å²) in [5.74, 6) is -2.92. The normalized spacial score (nSPS) is 18.1. The lowest BCUT2D eigenvalue weighted by molar-refractivity contribution is -0.139. The molecule has 9 heteroatoms. The van der Waals surface area contributed by atoms with E-state index >= 15 is 0 Å². The number of hydrogen-bond donors (Lipinski definition) is 3. The van der Waals surface area contributed by atoms with E-state index in [9.17, 15) is 14.4 Å². The highest BCUT2D eigenvalue weighted by Gasteiger charge is 2.48. The number of amides is 2. The average Bonchev–Trinajstić information content (AvgIpc) is 3.36. The van der Waals surface area contributed by atoms with Crippen molar-refractivity contribution >= 4 is 52.5 Å². The van der Waals surface area contributed by atoms with E-state index in [0.717, 1.165) is 0 Å². The highest BCUT2D eigenvalue weighted by Crippen LogP contribution is 2.39. The first-order valence-electron chi connectivity index (χ1n) is 7.62.